The highest BCUT2D eigenvalue weighted by Crippen LogP contribution is 2.14. The van der Waals surface area contributed by atoms with Crippen LogP contribution in [0.25, 0.3) is 0 Å². The normalized spacial score (nSPS) is 10.9. The van der Waals surface area contributed by atoms with Gasteiger partial charge in [-0.2, -0.15) is 0 Å². The number of anilines is 1. The van der Waals surface area contributed by atoms with Gasteiger partial charge in [-0.15, -0.1) is 0 Å². The Bertz CT molecular complexity index is 868. The molecule has 0 saturated carbocycles. The van der Waals surface area contributed by atoms with Gasteiger partial charge in [0.25, 0.3) is 5.91 Å². The number of ether oxygens (including phenoxy) is 1. The number of rotatable bonds is 5. The lowest BCUT2D eigenvalue weighted by Gasteiger charge is -2.07. The quantitative estimate of drug-likeness (QED) is 0.601. The second-order valence-corrected chi connectivity index (χ2v) is 6.52. The summed E-state index contributed by atoms with van der Waals surface area (Å²) in [4.78, 5) is 27.0. The van der Waals surface area contributed by atoms with Crippen molar-refractivity contribution in [3.63, 3.8) is 0 Å². The largest absolute Gasteiger partial charge is 0.452 e. The zero-order valence-corrected chi connectivity index (χ0v) is 13.7. The van der Waals surface area contributed by atoms with Crippen LogP contribution in [0.15, 0.2) is 47.5 Å². The fraction of sp³-hybridized carbons (Fsp3) is 0.0714. The number of hydrogen-bond acceptors (Lipinski definition) is 6. The van der Waals surface area contributed by atoms with E-state index in [1.54, 1.807) is 0 Å². The van der Waals surface area contributed by atoms with Gasteiger partial charge in [0.1, 0.15) is 5.15 Å². The molecule has 1 aromatic carbocycles. The minimum absolute atomic E-state index is 0.142. The summed E-state index contributed by atoms with van der Waals surface area (Å²) in [6.45, 7) is -0.555. The molecule has 0 spiro atoms. The van der Waals surface area contributed by atoms with E-state index in [0.717, 1.165) is 0 Å². The summed E-state index contributed by atoms with van der Waals surface area (Å²) < 4.78 is 27.3. The van der Waals surface area contributed by atoms with E-state index in [9.17, 15) is 18.0 Å². The Morgan fingerprint density at radius 1 is 1.25 bits per heavy atom. The highest BCUT2D eigenvalue weighted by Gasteiger charge is 2.12. The molecule has 10 heteroatoms. The van der Waals surface area contributed by atoms with Gasteiger partial charge in [-0.05, 0) is 30.3 Å². The number of pyridine rings is 1. The minimum Gasteiger partial charge on any atom is -0.452 e. The Balaban J connectivity index is 1.94. The van der Waals surface area contributed by atoms with Crippen LogP contribution < -0.4 is 10.5 Å². The van der Waals surface area contributed by atoms with Crippen LogP contribution in [0.3, 0.4) is 0 Å². The lowest BCUT2D eigenvalue weighted by Crippen LogP contribution is -2.21. The SMILES string of the molecule is NS(=O)(=O)c1cccc(NC(=O)COC(=O)c2ccc(Cl)nc2)c1. The van der Waals surface area contributed by atoms with Crippen molar-refractivity contribution in [2.45, 2.75) is 4.90 Å². The average Bonchev–Trinajstić information content (AvgIpc) is 2.53. The van der Waals surface area contributed by atoms with Crippen LogP contribution >= 0.6 is 11.6 Å². The summed E-state index contributed by atoms with van der Waals surface area (Å²) in [5, 5.41) is 7.62. The molecule has 1 amide bonds. The summed E-state index contributed by atoms with van der Waals surface area (Å²) in [5.74, 6) is -1.38. The summed E-state index contributed by atoms with van der Waals surface area (Å²) in [6, 6.07) is 8.19. The zero-order valence-electron chi connectivity index (χ0n) is 12.1. The van der Waals surface area contributed by atoms with Gasteiger partial charge >= 0.3 is 5.97 Å². The number of nitrogens with one attached hydrogen (secondary N) is 1. The molecule has 1 heterocycles. The molecule has 0 radical (unpaired) electrons. The lowest BCUT2D eigenvalue weighted by atomic mass is 10.3. The first-order chi connectivity index (χ1) is 11.3. The van der Waals surface area contributed by atoms with Crippen molar-refractivity contribution in [1.82, 2.24) is 4.98 Å². The molecule has 3 N–H and O–H groups in total. The topological polar surface area (TPSA) is 128 Å². The fourth-order valence-electron chi connectivity index (χ4n) is 1.66. The Hall–Kier alpha value is -2.49. The number of sulfonamides is 1. The molecule has 0 aliphatic carbocycles. The number of aromatic nitrogens is 1. The van der Waals surface area contributed by atoms with E-state index in [4.69, 9.17) is 21.5 Å². The van der Waals surface area contributed by atoms with E-state index in [1.807, 2.05) is 0 Å². The van der Waals surface area contributed by atoms with Gasteiger partial charge in [0.15, 0.2) is 6.61 Å². The first-order valence-electron chi connectivity index (χ1n) is 6.47. The van der Waals surface area contributed by atoms with E-state index >= 15 is 0 Å². The van der Waals surface area contributed by atoms with Crippen LogP contribution in [0, 0.1) is 0 Å². The molecule has 1 aromatic heterocycles. The van der Waals surface area contributed by atoms with E-state index in [1.165, 1.54) is 42.6 Å². The van der Waals surface area contributed by atoms with Gasteiger partial charge in [-0.1, -0.05) is 17.7 Å². The van der Waals surface area contributed by atoms with Crippen molar-refractivity contribution < 1.29 is 22.7 Å². The molecule has 0 aliphatic rings. The molecule has 0 unspecified atom stereocenters. The number of esters is 1. The number of primary sulfonamides is 1. The minimum atomic E-state index is -3.88. The third-order valence-corrected chi connectivity index (χ3v) is 3.88. The molecule has 126 valence electrons. The van der Waals surface area contributed by atoms with Crippen LogP contribution in [-0.2, 0) is 19.6 Å². The molecule has 0 saturated heterocycles. The first kappa shape index (κ1) is 17.9. The second-order valence-electron chi connectivity index (χ2n) is 4.57. The van der Waals surface area contributed by atoms with Gasteiger partial charge < -0.3 is 10.1 Å². The number of amides is 1. The van der Waals surface area contributed by atoms with Crippen LogP contribution in [0.1, 0.15) is 10.4 Å². The Morgan fingerprint density at radius 2 is 2.00 bits per heavy atom. The standard InChI is InChI=1S/C14H12ClN3O5S/c15-12-5-4-9(7-17-12)14(20)23-8-13(19)18-10-2-1-3-11(6-10)24(16,21)22/h1-7H,8H2,(H,18,19)(H2,16,21,22). The van der Waals surface area contributed by atoms with Gasteiger partial charge in [-0.3, -0.25) is 4.79 Å². The maximum absolute atomic E-state index is 11.8. The van der Waals surface area contributed by atoms with Crippen molar-refractivity contribution >= 4 is 39.2 Å². The number of hydrogen-bond donors (Lipinski definition) is 2. The van der Waals surface area contributed by atoms with Crippen molar-refractivity contribution in [2.24, 2.45) is 5.14 Å². The third kappa shape index (κ3) is 5.01. The van der Waals surface area contributed by atoms with Gasteiger partial charge in [0, 0.05) is 11.9 Å². The van der Waals surface area contributed by atoms with Crippen LogP contribution in [0.2, 0.25) is 5.15 Å². The average molecular weight is 370 g/mol. The molecule has 8 nitrogen and oxygen atoms in total. The number of carbonyl (C=O) groups is 2. The smallest absolute Gasteiger partial charge is 0.340 e. The van der Waals surface area contributed by atoms with Gasteiger partial charge in [0.2, 0.25) is 10.0 Å². The van der Waals surface area contributed by atoms with Crippen molar-refractivity contribution in [1.29, 1.82) is 0 Å². The summed E-state index contributed by atoms with van der Waals surface area (Å²) >= 11 is 5.60. The summed E-state index contributed by atoms with van der Waals surface area (Å²) in [5.41, 5.74) is 0.346. The molecular weight excluding hydrogens is 358 g/mol. The predicted octanol–water partition coefficient (Wildman–Crippen LogP) is 1.18. The highest BCUT2D eigenvalue weighted by molar-refractivity contribution is 7.89. The molecule has 0 bridgehead atoms. The maximum Gasteiger partial charge on any atom is 0.340 e. The zero-order chi connectivity index (χ0) is 17.7. The summed E-state index contributed by atoms with van der Waals surface area (Å²) in [6.07, 6.45) is 1.22. The lowest BCUT2D eigenvalue weighted by molar-refractivity contribution is -0.119. The Morgan fingerprint density at radius 3 is 2.62 bits per heavy atom. The number of nitrogens with zero attached hydrogens (tertiary/aromatic N) is 1. The van der Waals surface area contributed by atoms with E-state index in [-0.39, 0.29) is 21.3 Å². The van der Waals surface area contributed by atoms with E-state index in [2.05, 4.69) is 10.3 Å². The predicted molar refractivity (Wildman–Crippen MR) is 86.0 cm³/mol. The Kier molecular flexibility index (Phi) is 5.50. The fourth-order valence-corrected chi connectivity index (χ4v) is 2.33. The van der Waals surface area contributed by atoms with Crippen LogP contribution in [0.4, 0.5) is 5.69 Å². The van der Waals surface area contributed by atoms with Crippen molar-refractivity contribution in [3.05, 3.63) is 53.3 Å². The molecule has 0 aliphatic heterocycles. The molecule has 24 heavy (non-hydrogen) atoms. The Labute approximate surface area is 142 Å². The van der Waals surface area contributed by atoms with Crippen molar-refractivity contribution in [2.75, 3.05) is 11.9 Å². The molecule has 2 aromatic rings. The van der Waals surface area contributed by atoms with Crippen LogP contribution in [0.5, 0.6) is 0 Å². The number of benzene rings is 1. The second kappa shape index (κ2) is 7.39. The van der Waals surface area contributed by atoms with E-state index in [0.29, 0.717) is 0 Å². The highest BCUT2D eigenvalue weighted by atomic mass is 35.5. The first-order valence-corrected chi connectivity index (χ1v) is 8.39. The molecule has 0 atom stereocenters. The number of carbonyl (C=O) groups excluding carboxylic acids is 2. The monoisotopic (exact) mass is 369 g/mol. The summed E-state index contributed by atoms with van der Waals surface area (Å²) in [7, 11) is -3.88. The number of nitrogens with two attached hydrogens (primary N) is 1. The van der Waals surface area contributed by atoms with Gasteiger partial charge in [0.05, 0.1) is 10.5 Å². The molecular formula is C14H12ClN3O5S. The maximum atomic E-state index is 11.8. The molecule has 2 rings (SSSR count). The van der Waals surface area contributed by atoms with Crippen molar-refractivity contribution in [3.8, 4) is 0 Å². The number of halogens is 1. The van der Waals surface area contributed by atoms with Gasteiger partial charge in [-0.25, -0.2) is 23.3 Å². The van der Waals surface area contributed by atoms with Crippen LogP contribution in [-0.4, -0.2) is 31.9 Å². The molecule has 0 fully saturated rings. The third-order valence-electron chi connectivity index (χ3n) is 2.74. The van der Waals surface area contributed by atoms with E-state index < -0.39 is 28.5 Å².